The molecule has 0 N–H and O–H groups in total. The second kappa shape index (κ2) is 8.35. The number of hydrogen-bond donors (Lipinski definition) is 0. The summed E-state index contributed by atoms with van der Waals surface area (Å²) in [7, 11) is -4.05. The van der Waals surface area contributed by atoms with Gasteiger partial charge in [-0.15, -0.1) is 11.8 Å². The van der Waals surface area contributed by atoms with Crippen LogP contribution in [0.1, 0.15) is 6.92 Å². The van der Waals surface area contributed by atoms with Gasteiger partial charge in [-0.05, 0) is 55.6 Å². The first-order valence-corrected chi connectivity index (χ1v) is 10.1. The average Bonchev–Trinajstić information content (AvgIpc) is 2.60. The highest BCUT2D eigenvalue weighted by atomic mass is 32.2. The Balaban J connectivity index is 2.46. The van der Waals surface area contributed by atoms with E-state index < -0.39 is 28.4 Å². The van der Waals surface area contributed by atoms with Crippen molar-refractivity contribution in [2.24, 2.45) is 0 Å². The fourth-order valence-electron chi connectivity index (χ4n) is 2.15. The van der Waals surface area contributed by atoms with Crippen molar-refractivity contribution < 1.29 is 22.3 Å². The molecule has 0 amide bonds. The lowest BCUT2D eigenvalue weighted by molar-refractivity contribution is -0.141. The van der Waals surface area contributed by atoms with Crippen molar-refractivity contribution in [2.75, 3.05) is 23.7 Å². The normalized spacial score (nSPS) is 11.2. The lowest BCUT2D eigenvalue weighted by Crippen LogP contribution is -2.36. The maximum atomic E-state index is 13.6. The van der Waals surface area contributed by atoms with Crippen LogP contribution in [-0.4, -0.2) is 33.8 Å². The smallest absolute Gasteiger partial charge is 0.326 e. The van der Waals surface area contributed by atoms with Gasteiger partial charge >= 0.3 is 5.97 Å². The van der Waals surface area contributed by atoms with Gasteiger partial charge in [-0.2, -0.15) is 0 Å². The SMILES string of the molecule is CCOC(=O)CN(c1cccc(F)c1)S(=O)(=O)c1ccc(SC)cc1. The van der Waals surface area contributed by atoms with Gasteiger partial charge in [-0.3, -0.25) is 9.10 Å². The number of carbonyl (C=O) groups is 1. The molecule has 2 rings (SSSR count). The van der Waals surface area contributed by atoms with E-state index in [1.165, 1.54) is 42.1 Å². The largest absolute Gasteiger partial charge is 0.465 e. The van der Waals surface area contributed by atoms with Gasteiger partial charge < -0.3 is 4.74 Å². The van der Waals surface area contributed by atoms with Crippen LogP contribution in [0.25, 0.3) is 0 Å². The zero-order chi connectivity index (χ0) is 18.4. The number of ether oxygens (including phenoxy) is 1. The molecule has 0 aliphatic carbocycles. The molecule has 0 fully saturated rings. The summed E-state index contributed by atoms with van der Waals surface area (Å²) in [4.78, 5) is 12.8. The Hall–Kier alpha value is -2.06. The first-order valence-electron chi connectivity index (χ1n) is 7.46. The fourth-order valence-corrected chi connectivity index (χ4v) is 3.95. The van der Waals surface area contributed by atoms with Gasteiger partial charge in [0.25, 0.3) is 10.0 Å². The number of benzene rings is 2. The number of rotatable bonds is 7. The van der Waals surface area contributed by atoms with Crippen molar-refractivity contribution in [1.82, 2.24) is 0 Å². The zero-order valence-corrected chi connectivity index (χ0v) is 15.4. The molecule has 0 spiro atoms. The van der Waals surface area contributed by atoms with Crippen molar-refractivity contribution in [3.05, 3.63) is 54.3 Å². The van der Waals surface area contributed by atoms with Crippen LogP contribution in [0.2, 0.25) is 0 Å². The first-order chi connectivity index (χ1) is 11.9. The topological polar surface area (TPSA) is 63.7 Å². The molecular formula is C17H18FNO4S2. The van der Waals surface area contributed by atoms with Crippen LogP contribution in [-0.2, 0) is 19.6 Å². The molecule has 0 heterocycles. The standard InChI is InChI=1S/C17H18FNO4S2/c1-3-23-17(20)12-19(14-6-4-5-13(18)11-14)25(21,22)16-9-7-15(24-2)8-10-16/h4-11H,3,12H2,1-2H3. The number of carbonyl (C=O) groups excluding carboxylic acids is 1. The van der Waals surface area contributed by atoms with E-state index in [0.29, 0.717) is 0 Å². The van der Waals surface area contributed by atoms with Crippen molar-refractivity contribution in [3.63, 3.8) is 0 Å². The third kappa shape index (κ3) is 4.73. The molecule has 2 aromatic carbocycles. The van der Waals surface area contributed by atoms with Gasteiger partial charge in [0.15, 0.2) is 0 Å². The van der Waals surface area contributed by atoms with E-state index in [9.17, 15) is 17.6 Å². The lowest BCUT2D eigenvalue weighted by atomic mass is 10.3. The Morgan fingerprint density at radius 3 is 2.44 bits per heavy atom. The second-order valence-corrected chi connectivity index (χ2v) is 7.71. The summed E-state index contributed by atoms with van der Waals surface area (Å²) in [5.74, 6) is -1.31. The van der Waals surface area contributed by atoms with Crippen LogP contribution in [0.4, 0.5) is 10.1 Å². The van der Waals surface area contributed by atoms with E-state index in [1.54, 1.807) is 19.1 Å². The highest BCUT2D eigenvalue weighted by Crippen LogP contribution is 2.26. The molecular weight excluding hydrogens is 365 g/mol. The number of hydrogen-bond acceptors (Lipinski definition) is 5. The number of sulfonamides is 1. The summed E-state index contributed by atoms with van der Waals surface area (Å²) < 4.78 is 45.2. The predicted molar refractivity (Wildman–Crippen MR) is 95.8 cm³/mol. The minimum absolute atomic E-state index is 0.0128. The minimum atomic E-state index is -4.05. The third-order valence-corrected chi connectivity index (χ3v) is 5.85. The van der Waals surface area contributed by atoms with Gasteiger partial charge in [0, 0.05) is 4.90 Å². The fraction of sp³-hybridized carbons (Fsp3) is 0.235. The molecule has 2 aromatic rings. The minimum Gasteiger partial charge on any atom is -0.465 e. The highest BCUT2D eigenvalue weighted by Gasteiger charge is 2.28. The van der Waals surface area contributed by atoms with Crippen molar-refractivity contribution in [3.8, 4) is 0 Å². The predicted octanol–water partition coefficient (Wildman–Crippen LogP) is 3.31. The monoisotopic (exact) mass is 383 g/mol. The lowest BCUT2D eigenvalue weighted by Gasteiger charge is -2.23. The van der Waals surface area contributed by atoms with Gasteiger partial charge in [-0.1, -0.05) is 6.07 Å². The van der Waals surface area contributed by atoms with Crippen molar-refractivity contribution in [1.29, 1.82) is 0 Å². The molecule has 0 atom stereocenters. The molecule has 0 aliphatic heterocycles. The van der Waals surface area contributed by atoms with Crippen LogP contribution >= 0.6 is 11.8 Å². The first kappa shape index (κ1) is 19.3. The number of esters is 1. The molecule has 0 aromatic heterocycles. The molecule has 0 radical (unpaired) electrons. The average molecular weight is 383 g/mol. The summed E-state index contributed by atoms with van der Waals surface area (Å²) in [6, 6.07) is 11.3. The summed E-state index contributed by atoms with van der Waals surface area (Å²) >= 11 is 1.48. The maximum Gasteiger partial charge on any atom is 0.326 e. The maximum absolute atomic E-state index is 13.6. The Labute approximate surface area is 150 Å². The molecule has 134 valence electrons. The Bertz CT molecular complexity index is 838. The van der Waals surface area contributed by atoms with E-state index in [1.807, 2.05) is 6.26 Å². The second-order valence-electron chi connectivity index (χ2n) is 4.97. The van der Waals surface area contributed by atoms with Crippen LogP contribution in [0.5, 0.6) is 0 Å². The molecule has 8 heteroatoms. The Morgan fingerprint density at radius 1 is 1.20 bits per heavy atom. The summed E-state index contributed by atoms with van der Waals surface area (Å²) in [5.41, 5.74) is 0.0574. The quantitative estimate of drug-likeness (QED) is 0.542. The number of thioether (sulfide) groups is 1. The summed E-state index contributed by atoms with van der Waals surface area (Å²) in [6.07, 6.45) is 1.88. The molecule has 0 saturated carbocycles. The van der Waals surface area contributed by atoms with Crippen LogP contribution in [0.3, 0.4) is 0 Å². The van der Waals surface area contributed by atoms with E-state index in [0.717, 1.165) is 15.3 Å². The molecule has 0 aliphatic rings. The highest BCUT2D eigenvalue weighted by molar-refractivity contribution is 7.98. The molecule has 5 nitrogen and oxygen atoms in total. The van der Waals surface area contributed by atoms with Gasteiger partial charge in [0.2, 0.25) is 0 Å². The summed E-state index contributed by atoms with van der Waals surface area (Å²) in [5, 5.41) is 0. The number of anilines is 1. The number of halogens is 1. The van der Waals surface area contributed by atoms with Crippen LogP contribution in [0.15, 0.2) is 58.3 Å². The van der Waals surface area contributed by atoms with Gasteiger partial charge in [-0.25, -0.2) is 12.8 Å². The van der Waals surface area contributed by atoms with E-state index in [4.69, 9.17) is 4.74 Å². The van der Waals surface area contributed by atoms with E-state index in [2.05, 4.69) is 0 Å². The van der Waals surface area contributed by atoms with E-state index in [-0.39, 0.29) is 17.2 Å². The molecule has 0 unspecified atom stereocenters. The van der Waals surface area contributed by atoms with Gasteiger partial charge in [0.05, 0.1) is 17.2 Å². The van der Waals surface area contributed by atoms with E-state index >= 15 is 0 Å². The zero-order valence-electron chi connectivity index (χ0n) is 13.8. The van der Waals surface area contributed by atoms with Crippen molar-refractivity contribution >= 4 is 33.4 Å². The molecule has 0 saturated heterocycles. The molecule has 0 bridgehead atoms. The Morgan fingerprint density at radius 2 is 1.88 bits per heavy atom. The van der Waals surface area contributed by atoms with Crippen molar-refractivity contribution in [2.45, 2.75) is 16.7 Å². The van der Waals surface area contributed by atoms with Crippen LogP contribution in [0, 0.1) is 5.82 Å². The Kier molecular flexibility index (Phi) is 6.44. The van der Waals surface area contributed by atoms with Crippen LogP contribution < -0.4 is 4.31 Å². The number of nitrogens with zero attached hydrogens (tertiary/aromatic N) is 1. The molecule has 25 heavy (non-hydrogen) atoms. The summed E-state index contributed by atoms with van der Waals surface area (Å²) in [6.45, 7) is 1.21. The third-order valence-electron chi connectivity index (χ3n) is 3.32. The van der Waals surface area contributed by atoms with Gasteiger partial charge in [0.1, 0.15) is 12.4 Å².